The van der Waals surface area contributed by atoms with E-state index in [1.54, 1.807) is 13.8 Å². The second-order valence-electron chi connectivity index (χ2n) is 3.00. The second-order valence-corrected chi connectivity index (χ2v) is 5.07. The summed E-state index contributed by atoms with van der Waals surface area (Å²) in [6.07, 6.45) is -0.560. The summed E-state index contributed by atoms with van der Waals surface area (Å²) in [6, 6.07) is 0. The van der Waals surface area contributed by atoms with Crippen LogP contribution in [0.25, 0.3) is 0 Å². The Hall–Kier alpha value is -1.15. The van der Waals surface area contributed by atoms with Gasteiger partial charge in [0.25, 0.3) is 0 Å². The molecule has 0 aliphatic rings. The molecule has 100 valence electrons. The second kappa shape index (κ2) is 7.23. The van der Waals surface area contributed by atoms with Gasteiger partial charge in [-0.05, 0) is 20.9 Å². The molecule has 0 aromatic heterocycles. The minimum atomic E-state index is -3.92. The molecule has 0 fully saturated rings. The molecule has 0 aromatic rings. The average molecular weight is 267 g/mol. The predicted molar refractivity (Wildman–Crippen MR) is 59.7 cm³/mol. The maximum Gasteiger partial charge on any atom is 0.326 e. The van der Waals surface area contributed by atoms with Crippen LogP contribution in [0, 0.1) is 0 Å². The summed E-state index contributed by atoms with van der Waals surface area (Å²) >= 11 is 0. The first-order valence-electron chi connectivity index (χ1n) is 5.13. The molecule has 0 aliphatic heterocycles. The molecule has 0 radical (unpaired) electrons. The van der Waals surface area contributed by atoms with Crippen LogP contribution in [0.3, 0.4) is 0 Å². The van der Waals surface area contributed by atoms with Crippen molar-refractivity contribution in [2.24, 2.45) is 0 Å². The maximum atomic E-state index is 11.5. The molecule has 0 spiro atoms. The van der Waals surface area contributed by atoms with E-state index in [0.29, 0.717) is 0 Å². The summed E-state index contributed by atoms with van der Waals surface area (Å²) in [6.45, 7) is 3.29. The quantitative estimate of drug-likeness (QED) is 0.620. The molecule has 8 heteroatoms. The van der Waals surface area contributed by atoms with E-state index in [9.17, 15) is 18.0 Å². The fraction of sp³-hybridized carbons (Fsp3) is 0.778. The number of rotatable bonds is 7. The zero-order valence-corrected chi connectivity index (χ0v) is 10.9. The molecule has 17 heavy (non-hydrogen) atoms. The molecule has 0 aliphatic carbocycles. The van der Waals surface area contributed by atoms with Gasteiger partial charge in [-0.3, -0.25) is 9.59 Å². The van der Waals surface area contributed by atoms with E-state index < -0.39 is 33.6 Å². The topological polar surface area (TPSA) is 98.8 Å². The fourth-order valence-electron chi connectivity index (χ4n) is 1.07. The van der Waals surface area contributed by atoms with Gasteiger partial charge in [0.1, 0.15) is 0 Å². The van der Waals surface area contributed by atoms with Crippen LogP contribution in [-0.2, 0) is 29.1 Å². The van der Waals surface area contributed by atoms with Crippen molar-refractivity contribution < 1.29 is 27.5 Å². The van der Waals surface area contributed by atoms with Crippen LogP contribution in [-0.4, -0.2) is 45.9 Å². The van der Waals surface area contributed by atoms with Crippen molar-refractivity contribution in [3.05, 3.63) is 0 Å². The Labute approximate surface area is 101 Å². The van der Waals surface area contributed by atoms with Gasteiger partial charge in [0.15, 0.2) is 5.25 Å². The first kappa shape index (κ1) is 15.9. The van der Waals surface area contributed by atoms with E-state index in [1.807, 2.05) is 4.72 Å². The highest BCUT2D eigenvalue weighted by Gasteiger charge is 2.35. The number of carbonyl (C=O) groups excluding carboxylic acids is 2. The average Bonchev–Trinajstić information content (AvgIpc) is 2.26. The van der Waals surface area contributed by atoms with Crippen LogP contribution in [0.1, 0.15) is 20.3 Å². The number of hydrogen-bond donors (Lipinski definition) is 1. The predicted octanol–water partition coefficient (Wildman–Crippen LogP) is -0.579. The first-order valence-corrected chi connectivity index (χ1v) is 6.68. The maximum absolute atomic E-state index is 11.5. The molecule has 1 atom stereocenters. The number of ether oxygens (including phenoxy) is 2. The Kier molecular flexibility index (Phi) is 6.74. The molecular formula is C9H17NO6S. The Bertz CT molecular complexity index is 364. The van der Waals surface area contributed by atoms with Crippen LogP contribution in [0.15, 0.2) is 0 Å². The van der Waals surface area contributed by atoms with Crippen LogP contribution >= 0.6 is 0 Å². The van der Waals surface area contributed by atoms with Gasteiger partial charge in [0.05, 0.1) is 19.6 Å². The molecule has 0 bridgehead atoms. The van der Waals surface area contributed by atoms with Gasteiger partial charge in [-0.2, -0.15) is 0 Å². The van der Waals surface area contributed by atoms with Crippen molar-refractivity contribution in [2.45, 2.75) is 25.5 Å². The number of carbonyl (C=O) groups is 2. The van der Waals surface area contributed by atoms with Gasteiger partial charge >= 0.3 is 11.9 Å². The normalized spacial score (nSPS) is 12.9. The number of nitrogens with one attached hydrogen (secondary N) is 1. The van der Waals surface area contributed by atoms with E-state index >= 15 is 0 Å². The van der Waals surface area contributed by atoms with Crippen molar-refractivity contribution in [2.75, 3.05) is 20.3 Å². The minimum Gasteiger partial charge on any atom is -0.466 e. The largest absolute Gasteiger partial charge is 0.466 e. The zero-order chi connectivity index (χ0) is 13.5. The van der Waals surface area contributed by atoms with Crippen LogP contribution < -0.4 is 4.72 Å². The van der Waals surface area contributed by atoms with Crippen molar-refractivity contribution >= 4 is 22.0 Å². The molecule has 7 nitrogen and oxygen atoms in total. The lowest BCUT2D eigenvalue weighted by atomic mass is 10.3. The monoisotopic (exact) mass is 267 g/mol. The molecular weight excluding hydrogens is 250 g/mol. The Morgan fingerprint density at radius 2 is 1.71 bits per heavy atom. The van der Waals surface area contributed by atoms with Crippen molar-refractivity contribution in [1.29, 1.82) is 0 Å². The molecule has 0 heterocycles. The molecule has 0 amide bonds. The van der Waals surface area contributed by atoms with Gasteiger partial charge in [-0.15, -0.1) is 0 Å². The van der Waals surface area contributed by atoms with Crippen LogP contribution in [0.4, 0.5) is 0 Å². The summed E-state index contributed by atoms with van der Waals surface area (Å²) in [7, 11) is -2.76. The summed E-state index contributed by atoms with van der Waals surface area (Å²) < 4.78 is 34.3. The molecule has 1 unspecified atom stereocenters. The first-order chi connectivity index (χ1) is 7.88. The Morgan fingerprint density at radius 1 is 1.18 bits per heavy atom. The van der Waals surface area contributed by atoms with E-state index in [1.165, 1.54) is 0 Å². The summed E-state index contributed by atoms with van der Waals surface area (Å²) in [5.41, 5.74) is 0. The fourth-order valence-corrected chi connectivity index (χ4v) is 2.03. The van der Waals surface area contributed by atoms with Gasteiger partial charge < -0.3 is 9.47 Å². The zero-order valence-electron chi connectivity index (χ0n) is 10.1. The third-order valence-corrected chi connectivity index (χ3v) is 3.54. The van der Waals surface area contributed by atoms with E-state index in [-0.39, 0.29) is 13.2 Å². The Balaban J connectivity index is 4.87. The van der Waals surface area contributed by atoms with Gasteiger partial charge in [0.2, 0.25) is 10.0 Å². The molecule has 0 rings (SSSR count). The molecule has 0 aromatic carbocycles. The van der Waals surface area contributed by atoms with E-state index in [0.717, 1.165) is 7.05 Å². The molecule has 0 saturated heterocycles. The highest BCUT2D eigenvalue weighted by Crippen LogP contribution is 2.08. The lowest BCUT2D eigenvalue weighted by molar-refractivity contribution is -0.149. The standard InChI is InChI=1S/C9H17NO6S/c1-4-15-8(11)6-7(9(12)16-5-2)17(13,14)10-3/h7,10H,4-6H2,1-3H3. The molecule has 1 N–H and O–H groups in total. The smallest absolute Gasteiger partial charge is 0.326 e. The summed E-state index contributed by atoms with van der Waals surface area (Å²) in [4.78, 5) is 22.6. The van der Waals surface area contributed by atoms with E-state index in [2.05, 4.69) is 9.47 Å². The van der Waals surface area contributed by atoms with Gasteiger partial charge in [0, 0.05) is 0 Å². The molecule has 0 saturated carbocycles. The SMILES string of the molecule is CCOC(=O)CC(C(=O)OCC)S(=O)(=O)NC. The van der Waals surface area contributed by atoms with Gasteiger partial charge in [-0.25, -0.2) is 13.1 Å². The lowest BCUT2D eigenvalue weighted by Gasteiger charge is -2.14. The third kappa shape index (κ3) is 5.14. The van der Waals surface area contributed by atoms with Crippen molar-refractivity contribution in [3.8, 4) is 0 Å². The highest BCUT2D eigenvalue weighted by molar-refractivity contribution is 7.90. The number of esters is 2. The van der Waals surface area contributed by atoms with Crippen molar-refractivity contribution in [1.82, 2.24) is 4.72 Å². The third-order valence-electron chi connectivity index (χ3n) is 1.87. The van der Waals surface area contributed by atoms with Gasteiger partial charge in [-0.1, -0.05) is 0 Å². The minimum absolute atomic E-state index is 0.0391. The van der Waals surface area contributed by atoms with E-state index in [4.69, 9.17) is 0 Å². The highest BCUT2D eigenvalue weighted by atomic mass is 32.2. The lowest BCUT2D eigenvalue weighted by Crippen LogP contribution is -2.40. The number of sulfonamides is 1. The van der Waals surface area contributed by atoms with Crippen LogP contribution in [0.5, 0.6) is 0 Å². The number of hydrogen-bond acceptors (Lipinski definition) is 6. The Morgan fingerprint density at radius 3 is 2.12 bits per heavy atom. The van der Waals surface area contributed by atoms with Crippen LogP contribution in [0.2, 0.25) is 0 Å². The van der Waals surface area contributed by atoms with Crippen molar-refractivity contribution in [3.63, 3.8) is 0 Å². The summed E-state index contributed by atoms with van der Waals surface area (Å²) in [5.74, 6) is -1.72. The summed E-state index contributed by atoms with van der Waals surface area (Å²) in [5, 5.41) is -1.58.